The molecule has 0 bridgehead atoms. The van der Waals surface area contributed by atoms with Gasteiger partial charge in [0.25, 0.3) is 0 Å². The van der Waals surface area contributed by atoms with Crippen molar-refractivity contribution in [3.63, 3.8) is 0 Å². The fourth-order valence-electron chi connectivity index (χ4n) is 3.89. The first kappa shape index (κ1) is 19.6. The summed E-state index contributed by atoms with van der Waals surface area (Å²) >= 11 is 6.38. The van der Waals surface area contributed by atoms with Crippen molar-refractivity contribution in [2.45, 2.75) is 27.3 Å². The molecule has 1 aromatic carbocycles. The van der Waals surface area contributed by atoms with Crippen LogP contribution in [0, 0.1) is 10.8 Å². The van der Waals surface area contributed by atoms with Crippen LogP contribution in [0.2, 0.25) is 5.02 Å². The smallest absolute Gasteiger partial charge is 0.320 e. The quantitative estimate of drug-likeness (QED) is 0.617. The zero-order valence-corrected chi connectivity index (χ0v) is 18.3. The fraction of sp³-hybridized carbons (Fsp3) is 0.500. The highest BCUT2D eigenvalue weighted by Crippen LogP contribution is 2.41. The summed E-state index contributed by atoms with van der Waals surface area (Å²) in [5, 5.41) is 0.729. The van der Waals surface area contributed by atoms with Gasteiger partial charge in [0.1, 0.15) is 0 Å². The van der Waals surface area contributed by atoms with Gasteiger partial charge >= 0.3 is 6.01 Å². The molecule has 8 heteroatoms. The molecule has 0 unspecified atom stereocenters. The maximum atomic E-state index is 6.38. The molecule has 2 fully saturated rings. The minimum absolute atomic E-state index is 0.0143. The van der Waals surface area contributed by atoms with Crippen LogP contribution in [0.3, 0.4) is 0 Å². The average Bonchev–Trinajstić information content (AvgIpc) is 3.02. The Morgan fingerprint density at radius 3 is 2.60 bits per heavy atom. The van der Waals surface area contributed by atoms with Crippen LogP contribution >= 0.6 is 11.6 Å². The molecule has 30 heavy (non-hydrogen) atoms. The number of nitrogens with zero attached hydrogens (tertiary/aromatic N) is 5. The summed E-state index contributed by atoms with van der Waals surface area (Å²) in [6.07, 6.45) is 1.81. The molecule has 0 N–H and O–H groups in total. The highest BCUT2D eigenvalue weighted by Gasteiger charge is 2.50. The van der Waals surface area contributed by atoms with E-state index < -0.39 is 0 Å². The molecule has 0 aliphatic carbocycles. The summed E-state index contributed by atoms with van der Waals surface area (Å²) < 4.78 is 13.4. The van der Waals surface area contributed by atoms with Crippen molar-refractivity contribution in [1.82, 2.24) is 19.5 Å². The summed E-state index contributed by atoms with van der Waals surface area (Å²) in [5.74, 6) is 0.833. The maximum absolute atomic E-state index is 6.38. The van der Waals surface area contributed by atoms with E-state index in [1.165, 1.54) is 0 Å². The van der Waals surface area contributed by atoms with E-state index >= 15 is 0 Å². The molecule has 2 aliphatic heterocycles. The molecule has 7 nitrogen and oxygen atoms in total. The van der Waals surface area contributed by atoms with Gasteiger partial charge in [0.15, 0.2) is 17.0 Å². The van der Waals surface area contributed by atoms with Crippen molar-refractivity contribution < 1.29 is 9.47 Å². The lowest BCUT2D eigenvalue weighted by molar-refractivity contribution is -0.127. The Bertz CT molecular complexity index is 1080. The van der Waals surface area contributed by atoms with Gasteiger partial charge in [-0.05, 0) is 17.0 Å². The molecule has 0 atom stereocenters. The molecular formula is C22H26ClN5O2. The molecule has 4 heterocycles. The van der Waals surface area contributed by atoms with Crippen LogP contribution in [0.15, 0.2) is 30.6 Å². The molecule has 3 aromatic rings. The van der Waals surface area contributed by atoms with Crippen molar-refractivity contribution in [3.05, 3.63) is 41.2 Å². The van der Waals surface area contributed by atoms with Gasteiger partial charge < -0.3 is 18.9 Å². The molecule has 0 amide bonds. The second-order valence-electron chi connectivity index (χ2n) is 9.66. The fourth-order valence-corrected chi connectivity index (χ4v) is 4.08. The van der Waals surface area contributed by atoms with Gasteiger partial charge in [0.05, 0.1) is 38.1 Å². The number of aromatic nitrogens is 4. The predicted octanol–water partition coefficient (Wildman–Crippen LogP) is 3.79. The Hall–Kier alpha value is -2.38. The number of hydrogen-bond donors (Lipinski definition) is 0. The summed E-state index contributed by atoms with van der Waals surface area (Å²) in [7, 11) is 0. The molecule has 0 radical (unpaired) electrons. The van der Waals surface area contributed by atoms with Gasteiger partial charge in [-0.1, -0.05) is 50.6 Å². The Morgan fingerprint density at radius 2 is 1.93 bits per heavy atom. The standard InChI is InChI=1S/C22H26ClN5O2/c1-21(2,3)11-30-20-25-18-17(19(26-20)28-9-22(10-28)12-29-13-22)24-14-27(18)8-15-6-4-5-7-16(15)23/h4-7,14H,8-13H2,1-3H3. The Morgan fingerprint density at radius 1 is 1.17 bits per heavy atom. The van der Waals surface area contributed by atoms with E-state index in [1.807, 2.05) is 35.2 Å². The summed E-state index contributed by atoms with van der Waals surface area (Å²) in [4.78, 5) is 16.4. The first-order valence-electron chi connectivity index (χ1n) is 10.2. The van der Waals surface area contributed by atoms with Crippen LogP contribution in [-0.4, -0.2) is 52.4 Å². The number of hydrogen-bond acceptors (Lipinski definition) is 6. The molecule has 0 saturated carbocycles. The van der Waals surface area contributed by atoms with Gasteiger partial charge in [-0.2, -0.15) is 9.97 Å². The van der Waals surface area contributed by atoms with Gasteiger partial charge in [0, 0.05) is 18.1 Å². The van der Waals surface area contributed by atoms with Crippen LogP contribution in [-0.2, 0) is 11.3 Å². The van der Waals surface area contributed by atoms with E-state index in [4.69, 9.17) is 31.0 Å². The van der Waals surface area contributed by atoms with E-state index in [1.54, 1.807) is 0 Å². The monoisotopic (exact) mass is 427 g/mol. The van der Waals surface area contributed by atoms with Crippen LogP contribution in [0.4, 0.5) is 5.82 Å². The van der Waals surface area contributed by atoms with Gasteiger partial charge in [-0.3, -0.25) is 0 Å². The Kier molecular flexibility index (Phi) is 4.63. The summed E-state index contributed by atoms with van der Waals surface area (Å²) in [5.41, 5.74) is 2.87. The second-order valence-corrected chi connectivity index (χ2v) is 10.1. The highest BCUT2D eigenvalue weighted by atomic mass is 35.5. The van der Waals surface area contributed by atoms with Crippen LogP contribution in [0.5, 0.6) is 6.01 Å². The number of fused-ring (bicyclic) bond motifs is 1. The second kappa shape index (κ2) is 7.10. The third-order valence-corrected chi connectivity index (χ3v) is 5.90. The van der Waals surface area contributed by atoms with Crippen molar-refractivity contribution >= 4 is 28.6 Å². The zero-order valence-electron chi connectivity index (χ0n) is 17.6. The lowest BCUT2D eigenvalue weighted by Crippen LogP contribution is -2.66. The van der Waals surface area contributed by atoms with E-state index in [0.717, 1.165) is 53.9 Å². The van der Waals surface area contributed by atoms with E-state index in [9.17, 15) is 0 Å². The molecule has 2 aliphatic rings. The van der Waals surface area contributed by atoms with Crippen molar-refractivity contribution in [3.8, 4) is 6.01 Å². The van der Waals surface area contributed by atoms with Crippen molar-refractivity contribution in [1.29, 1.82) is 0 Å². The number of ether oxygens (including phenoxy) is 2. The molecule has 2 aromatic heterocycles. The maximum Gasteiger partial charge on any atom is 0.320 e. The largest absolute Gasteiger partial charge is 0.463 e. The normalized spacial score (nSPS) is 17.8. The van der Waals surface area contributed by atoms with E-state index in [0.29, 0.717) is 19.2 Å². The van der Waals surface area contributed by atoms with Gasteiger partial charge in [-0.15, -0.1) is 0 Å². The van der Waals surface area contributed by atoms with E-state index in [2.05, 4.69) is 30.7 Å². The Balaban J connectivity index is 1.51. The summed E-state index contributed by atoms with van der Waals surface area (Å²) in [6.45, 7) is 11.0. The lowest BCUT2D eigenvalue weighted by Gasteiger charge is -2.55. The van der Waals surface area contributed by atoms with Gasteiger partial charge in [0.2, 0.25) is 0 Å². The molecule has 5 rings (SSSR count). The molecular weight excluding hydrogens is 402 g/mol. The first-order chi connectivity index (χ1) is 14.3. The van der Waals surface area contributed by atoms with Gasteiger partial charge in [-0.25, -0.2) is 4.98 Å². The number of rotatable bonds is 5. The predicted molar refractivity (Wildman–Crippen MR) is 116 cm³/mol. The van der Waals surface area contributed by atoms with Crippen LogP contribution < -0.4 is 9.64 Å². The minimum Gasteiger partial charge on any atom is -0.463 e. The highest BCUT2D eigenvalue weighted by molar-refractivity contribution is 6.31. The first-order valence-corrected chi connectivity index (χ1v) is 10.6. The number of anilines is 1. The average molecular weight is 428 g/mol. The SMILES string of the molecule is CC(C)(C)COc1nc(N2CC3(COC3)C2)c2ncn(Cc3ccccc3Cl)c2n1. The number of benzene rings is 1. The topological polar surface area (TPSA) is 65.3 Å². The summed E-state index contributed by atoms with van der Waals surface area (Å²) in [6, 6.07) is 8.22. The molecule has 1 spiro atoms. The van der Waals surface area contributed by atoms with Crippen LogP contribution in [0.25, 0.3) is 11.2 Å². The van der Waals surface area contributed by atoms with Crippen LogP contribution in [0.1, 0.15) is 26.3 Å². The molecule has 158 valence electrons. The van der Waals surface area contributed by atoms with Crippen molar-refractivity contribution in [2.75, 3.05) is 37.8 Å². The number of halogens is 1. The third kappa shape index (κ3) is 3.61. The molecule has 2 saturated heterocycles. The zero-order chi connectivity index (χ0) is 20.9. The lowest BCUT2D eigenvalue weighted by atomic mass is 9.78. The third-order valence-electron chi connectivity index (χ3n) is 5.53. The van der Waals surface area contributed by atoms with Crippen molar-refractivity contribution in [2.24, 2.45) is 10.8 Å². The Labute approximate surface area is 181 Å². The van der Waals surface area contributed by atoms with E-state index in [-0.39, 0.29) is 10.8 Å². The number of imidazole rings is 1. The minimum atomic E-state index is 0.0143.